The lowest BCUT2D eigenvalue weighted by Gasteiger charge is -2.19. The molecule has 1 N–H and O–H groups in total. The fraction of sp³-hybridized carbons (Fsp3) is 0.444. The minimum atomic E-state index is -3.09. The van der Waals surface area contributed by atoms with Crippen molar-refractivity contribution in [2.75, 3.05) is 25.9 Å². The summed E-state index contributed by atoms with van der Waals surface area (Å²) in [5.74, 6) is 0.403. The topological polar surface area (TPSA) is 49.4 Å². The van der Waals surface area contributed by atoms with Crippen LogP contribution >= 0.6 is 0 Å². The van der Waals surface area contributed by atoms with Gasteiger partial charge in [0.25, 0.3) is 0 Å². The molecule has 1 unspecified atom stereocenters. The molecule has 3 rings (SSSR count). The molecule has 5 heteroatoms. The van der Waals surface area contributed by atoms with Crippen molar-refractivity contribution >= 4 is 20.8 Å². The maximum Gasteiger partial charge on any atom is 0.208 e. The summed E-state index contributed by atoms with van der Waals surface area (Å²) >= 11 is 0. The van der Waals surface area contributed by atoms with E-state index in [1.165, 1.54) is 28.2 Å². The summed E-state index contributed by atoms with van der Waals surface area (Å²) in [6, 6.07) is 12.9. The van der Waals surface area contributed by atoms with Crippen molar-refractivity contribution in [3.05, 3.63) is 47.5 Å². The predicted octanol–water partition coefficient (Wildman–Crippen LogP) is 2.52. The summed E-state index contributed by atoms with van der Waals surface area (Å²) in [6.45, 7) is 5.62. The number of fused-ring (bicyclic) bond motifs is 1. The minimum Gasteiger partial charge on any atom is -0.299 e. The van der Waals surface area contributed by atoms with Crippen molar-refractivity contribution in [2.24, 2.45) is 5.92 Å². The number of nitrogens with zero attached hydrogens (tertiary/aromatic N) is 1. The fourth-order valence-corrected chi connectivity index (χ4v) is 3.91. The van der Waals surface area contributed by atoms with Crippen LogP contribution in [0.4, 0.5) is 0 Å². The van der Waals surface area contributed by atoms with E-state index >= 15 is 0 Å². The second kappa shape index (κ2) is 6.59. The van der Waals surface area contributed by atoms with Gasteiger partial charge in [-0.2, -0.15) is 0 Å². The summed E-state index contributed by atoms with van der Waals surface area (Å²) in [4.78, 5) is 2.43. The van der Waals surface area contributed by atoms with Crippen LogP contribution in [0.3, 0.4) is 0 Å². The van der Waals surface area contributed by atoms with E-state index in [1.54, 1.807) is 0 Å². The Balaban J connectivity index is 1.70. The summed E-state index contributed by atoms with van der Waals surface area (Å²) in [7, 11) is -3.09. The molecule has 1 aliphatic heterocycles. The van der Waals surface area contributed by atoms with Gasteiger partial charge in [0.1, 0.15) is 0 Å². The standard InChI is InChI=1S/C18H24N2O2S/c1-14-7-8-16-5-3-4-6-17(16)18(14)13-20-10-9-15(12-20)11-19-23(2,21)22/h3-8,15,19H,9-13H2,1-2H3. The maximum atomic E-state index is 11.2. The Morgan fingerprint density at radius 1 is 1.22 bits per heavy atom. The van der Waals surface area contributed by atoms with Crippen molar-refractivity contribution in [2.45, 2.75) is 19.9 Å². The second-order valence-corrected chi connectivity index (χ2v) is 8.43. The van der Waals surface area contributed by atoms with E-state index in [4.69, 9.17) is 0 Å². The first-order chi connectivity index (χ1) is 10.9. The lowest BCUT2D eigenvalue weighted by molar-refractivity contribution is 0.317. The summed E-state index contributed by atoms with van der Waals surface area (Å²) in [5, 5.41) is 2.60. The zero-order chi connectivity index (χ0) is 16.4. The first-order valence-corrected chi connectivity index (χ1v) is 9.96. The van der Waals surface area contributed by atoms with E-state index in [-0.39, 0.29) is 0 Å². The Hall–Kier alpha value is -1.43. The molecule has 124 valence electrons. The summed E-state index contributed by atoms with van der Waals surface area (Å²) < 4.78 is 25.1. The molecule has 0 radical (unpaired) electrons. The molecule has 0 amide bonds. The summed E-state index contributed by atoms with van der Waals surface area (Å²) in [6.07, 6.45) is 2.27. The lowest BCUT2D eigenvalue weighted by atomic mass is 9.99. The van der Waals surface area contributed by atoms with Crippen LogP contribution in [-0.4, -0.2) is 39.2 Å². The Morgan fingerprint density at radius 3 is 2.78 bits per heavy atom. The summed E-state index contributed by atoms with van der Waals surface area (Å²) in [5.41, 5.74) is 2.71. The van der Waals surface area contributed by atoms with Gasteiger partial charge in [-0.15, -0.1) is 0 Å². The molecule has 0 aromatic heterocycles. The van der Waals surface area contributed by atoms with Crippen LogP contribution in [0.1, 0.15) is 17.5 Å². The van der Waals surface area contributed by atoms with Crippen molar-refractivity contribution in [1.29, 1.82) is 0 Å². The number of hydrogen-bond acceptors (Lipinski definition) is 3. The first-order valence-electron chi connectivity index (χ1n) is 8.06. The molecule has 0 bridgehead atoms. The Morgan fingerprint density at radius 2 is 2.00 bits per heavy atom. The van der Waals surface area contributed by atoms with E-state index in [1.807, 2.05) is 0 Å². The highest BCUT2D eigenvalue weighted by molar-refractivity contribution is 7.88. The third kappa shape index (κ3) is 4.10. The SMILES string of the molecule is Cc1ccc2ccccc2c1CN1CCC(CNS(C)(=O)=O)C1. The van der Waals surface area contributed by atoms with Crippen molar-refractivity contribution < 1.29 is 8.42 Å². The average molecular weight is 332 g/mol. The molecule has 2 aromatic carbocycles. The second-order valence-electron chi connectivity index (χ2n) is 6.59. The molecule has 1 heterocycles. The van der Waals surface area contributed by atoms with Crippen LogP contribution < -0.4 is 4.72 Å². The molecule has 0 spiro atoms. The number of benzene rings is 2. The van der Waals surface area contributed by atoms with Gasteiger partial charge in [-0.1, -0.05) is 36.4 Å². The highest BCUT2D eigenvalue weighted by Gasteiger charge is 2.24. The van der Waals surface area contributed by atoms with E-state index in [0.717, 1.165) is 26.1 Å². The van der Waals surface area contributed by atoms with Gasteiger partial charge >= 0.3 is 0 Å². The Labute approximate surface area is 138 Å². The lowest BCUT2D eigenvalue weighted by Crippen LogP contribution is -2.30. The van der Waals surface area contributed by atoms with Crippen molar-refractivity contribution in [1.82, 2.24) is 9.62 Å². The number of aryl methyl sites for hydroxylation is 1. The molecular weight excluding hydrogens is 308 g/mol. The molecule has 1 saturated heterocycles. The number of rotatable bonds is 5. The number of sulfonamides is 1. The number of likely N-dealkylation sites (tertiary alicyclic amines) is 1. The van der Waals surface area contributed by atoms with Gasteiger partial charge in [0.05, 0.1) is 6.26 Å². The van der Waals surface area contributed by atoms with Crippen LogP contribution in [-0.2, 0) is 16.6 Å². The van der Waals surface area contributed by atoms with Crippen LogP contribution in [0.15, 0.2) is 36.4 Å². The molecule has 0 saturated carbocycles. The van der Waals surface area contributed by atoms with E-state index in [9.17, 15) is 8.42 Å². The maximum absolute atomic E-state index is 11.2. The van der Waals surface area contributed by atoms with Gasteiger partial charge in [-0.3, -0.25) is 4.90 Å². The Kier molecular flexibility index (Phi) is 4.71. The van der Waals surface area contributed by atoms with Gasteiger partial charge in [0.2, 0.25) is 10.0 Å². The molecule has 0 aliphatic carbocycles. The molecule has 1 fully saturated rings. The van der Waals surface area contributed by atoms with Crippen LogP contribution in [0.25, 0.3) is 10.8 Å². The number of nitrogens with one attached hydrogen (secondary N) is 1. The highest BCUT2D eigenvalue weighted by Crippen LogP contribution is 2.26. The highest BCUT2D eigenvalue weighted by atomic mass is 32.2. The molecule has 1 atom stereocenters. The number of hydrogen-bond donors (Lipinski definition) is 1. The minimum absolute atomic E-state index is 0.403. The zero-order valence-corrected chi connectivity index (χ0v) is 14.6. The van der Waals surface area contributed by atoms with Crippen molar-refractivity contribution in [3.63, 3.8) is 0 Å². The molecule has 4 nitrogen and oxygen atoms in total. The fourth-order valence-electron chi connectivity index (χ4n) is 3.37. The Bertz CT molecular complexity index is 802. The van der Waals surface area contributed by atoms with Gasteiger partial charge < -0.3 is 0 Å². The van der Waals surface area contributed by atoms with E-state index < -0.39 is 10.0 Å². The van der Waals surface area contributed by atoms with E-state index in [2.05, 4.69) is 52.9 Å². The zero-order valence-electron chi connectivity index (χ0n) is 13.7. The molecule has 2 aromatic rings. The smallest absolute Gasteiger partial charge is 0.208 e. The largest absolute Gasteiger partial charge is 0.299 e. The van der Waals surface area contributed by atoms with Gasteiger partial charge in [0.15, 0.2) is 0 Å². The third-order valence-corrected chi connectivity index (χ3v) is 5.35. The molecule has 1 aliphatic rings. The normalized spacial score (nSPS) is 19.5. The predicted molar refractivity (Wildman–Crippen MR) is 94.9 cm³/mol. The van der Waals surface area contributed by atoms with Crippen LogP contribution in [0.2, 0.25) is 0 Å². The third-order valence-electron chi connectivity index (χ3n) is 4.66. The quantitative estimate of drug-likeness (QED) is 0.915. The van der Waals surface area contributed by atoms with Gasteiger partial charge in [-0.05, 0) is 47.7 Å². The first kappa shape index (κ1) is 16.4. The average Bonchev–Trinajstić information content (AvgIpc) is 2.95. The monoisotopic (exact) mass is 332 g/mol. The van der Waals surface area contributed by atoms with Gasteiger partial charge in [-0.25, -0.2) is 13.1 Å². The molecular formula is C18H24N2O2S. The van der Waals surface area contributed by atoms with Crippen LogP contribution in [0.5, 0.6) is 0 Å². The molecule has 23 heavy (non-hydrogen) atoms. The van der Waals surface area contributed by atoms with Crippen molar-refractivity contribution in [3.8, 4) is 0 Å². The van der Waals surface area contributed by atoms with Crippen LogP contribution in [0, 0.1) is 12.8 Å². The van der Waals surface area contributed by atoms with Gasteiger partial charge in [0, 0.05) is 19.6 Å². The van der Waals surface area contributed by atoms with E-state index in [0.29, 0.717) is 12.5 Å².